The number of anilines is 1. The van der Waals surface area contributed by atoms with Gasteiger partial charge in [-0.1, -0.05) is 23.7 Å². The quantitative estimate of drug-likeness (QED) is 0.684. The smallest absolute Gasteiger partial charge is 0.221 e. The lowest BCUT2D eigenvalue weighted by Gasteiger charge is -2.01. The largest absolute Gasteiger partial charge is 0.325 e. The Morgan fingerprint density at radius 3 is 3.00 bits per heavy atom. The predicted octanol–water partition coefficient (Wildman–Crippen LogP) is 2.10. The van der Waals surface area contributed by atoms with Gasteiger partial charge in [0.15, 0.2) is 0 Å². The minimum absolute atomic E-state index is 0.144. The van der Waals surface area contributed by atoms with E-state index in [-0.39, 0.29) is 5.91 Å². The lowest BCUT2D eigenvalue weighted by atomic mass is 10.3. The number of hydrogen-bond acceptors (Lipinski definition) is 1. The van der Waals surface area contributed by atoms with E-state index < -0.39 is 0 Å². The van der Waals surface area contributed by atoms with Crippen LogP contribution in [0, 0.1) is 6.07 Å². The van der Waals surface area contributed by atoms with Gasteiger partial charge in [-0.05, 0) is 6.07 Å². The van der Waals surface area contributed by atoms with Crippen LogP contribution in [0.2, 0.25) is 5.02 Å². The third kappa shape index (κ3) is 2.24. The molecule has 57 valence electrons. The second-order valence-electron chi connectivity index (χ2n) is 2.07. The van der Waals surface area contributed by atoms with Crippen molar-refractivity contribution >= 4 is 23.2 Å². The summed E-state index contributed by atoms with van der Waals surface area (Å²) in [6, 6.07) is 7.95. The van der Waals surface area contributed by atoms with Gasteiger partial charge in [0.05, 0.1) is 10.7 Å². The fraction of sp³-hybridized carbons (Fsp3) is 0.125. The highest BCUT2D eigenvalue weighted by Crippen LogP contribution is 2.19. The van der Waals surface area contributed by atoms with Gasteiger partial charge in [-0.2, -0.15) is 0 Å². The average molecular weight is 169 g/mol. The van der Waals surface area contributed by atoms with Crippen molar-refractivity contribution in [2.45, 2.75) is 6.92 Å². The van der Waals surface area contributed by atoms with Gasteiger partial charge < -0.3 is 5.32 Å². The molecule has 2 nitrogen and oxygen atoms in total. The third-order valence-electron chi connectivity index (χ3n) is 1.11. The van der Waals surface area contributed by atoms with Crippen LogP contribution in [-0.2, 0) is 4.79 Å². The van der Waals surface area contributed by atoms with E-state index in [0.717, 1.165) is 0 Å². The van der Waals surface area contributed by atoms with Crippen LogP contribution in [0.5, 0.6) is 0 Å². The summed E-state index contributed by atoms with van der Waals surface area (Å²) in [5.41, 5.74) is 0.529. The van der Waals surface area contributed by atoms with Gasteiger partial charge in [0.1, 0.15) is 0 Å². The summed E-state index contributed by atoms with van der Waals surface area (Å²) >= 11 is 5.72. The maximum atomic E-state index is 10.6. The highest BCUT2D eigenvalue weighted by Gasteiger charge is 1.98. The molecule has 1 amide bonds. The number of carbonyl (C=O) groups excluding carboxylic acids is 1. The van der Waals surface area contributed by atoms with Crippen molar-refractivity contribution < 1.29 is 4.79 Å². The second kappa shape index (κ2) is 3.39. The Morgan fingerprint density at radius 2 is 2.45 bits per heavy atom. The van der Waals surface area contributed by atoms with Crippen LogP contribution in [0.3, 0.4) is 0 Å². The molecule has 3 heteroatoms. The molecule has 0 bridgehead atoms. The molecule has 0 aliphatic carbocycles. The van der Waals surface area contributed by atoms with Crippen LogP contribution in [0.1, 0.15) is 6.92 Å². The second-order valence-corrected chi connectivity index (χ2v) is 2.48. The first-order valence-corrected chi connectivity index (χ1v) is 3.52. The summed E-state index contributed by atoms with van der Waals surface area (Å²) in [6.45, 7) is 1.43. The maximum Gasteiger partial charge on any atom is 0.221 e. The summed E-state index contributed by atoms with van der Waals surface area (Å²) in [6.07, 6.45) is 0. The normalized spacial score (nSPS) is 9.27. The minimum atomic E-state index is -0.144. The van der Waals surface area contributed by atoms with E-state index in [2.05, 4.69) is 11.4 Å². The molecule has 1 N–H and O–H groups in total. The lowest BCUT2D eigenvalue weighted by Crippen LogP contribution is -2.05. The van der Waals surface area contributed by atoms with Crippen LogP contribution in [-0.4, -0.2) is 5.91 Å². The first-order valence-electron chi connectivity index (χ1n) is 3.14. The van der Waals surface area contributed by atoms with E-state index in [1.807, 2.05) is 0 Å². The average Bonchev–Trinajstić information content (AvgIpc) is 1.93. The molecular weight excluding hydrogens is 162 g/mol. The highest BCUT2D eigenvalue weighted by atomic mass is 35.5. The number of carbonyl (C=O) groups is 1. The van der Waals surface area contributed by atoms with Gasteiger partial charge >= 0.3 is 0 Å². The SMILES string of the molecule is CC(=O)Nc1[c]cccc1Cl. The summed E-state index contributed by atoms with van der Waals surface area (Å²) in [4.78, 5) is 10.6. The Labute approximate surface area is 70.2 Å². The van der Waals surface area contributed by atoms with E-state index in [0.29, 0.717) is 10.7 Å². The number of hydrogen-bond donors (Lipinski definition) is 1. The summed E-state index contributed by atoms with van der Waals surface area (Å²) in [7, 11) is 0. The Balaban J connectivity index is 2.86. The summed E-state index contributed by atoms with van der Waals surface area (Å²) in [5, 5.41) is 3.05. The zero-order valence-electron chi connectivity index (χ0n) is 6.02. The van der Waals surface area contributed by atoms with Crippen molar-refractivity contribution in [2.75, 3.05) is 5.32 Å². The number of benzene rings is 1. The monoisotopic (exact) mass is 168 g/mol. The summed E-state index contributed by atoms with van der Waals surface area (Å²) in [5.74, 6) is -0.144. The maximum absolute atomic E-state index is 10.6. The van der Waals surface area contributed by atoms with Gasteiger partial charge in [0.25, 0.3) is 0 Å². The molecule has 0 saturated heterocycles. The van der Waals surface area contributed by atoms with E-state index in [9.17, 15) is 4.79 Å². The molecule has 0 aliphatic rings. The van der Waals surface area contributed by atoms with E-state index in [4.69, 9.17) is 11.6 Å². The lowest BCUT2D eigenvalue weighted by molar-refractivity contribution is -0.114. The number of rotatable bonds is 1. The molecule has 0 unspecified atom stereocenters. The molecule has 0 aromatic heterocycles. The predicted molar refractivity (Wildman–Crippen MR) is 44.6 cm³/mol. The molecular formula is C8H7ClNO. The van der Waals surface area contributed by atoms with E-state index >= 15 is 0 Å². The Hall–Kier alpha value is -1.02. The van der Waals surface area contributed by atoms with Crippen LogP contribution < -0.4 is 5.32 Å². The molecule has 0 aliphatic heterocycles. The number of halogens is 1. The van der Waals surface area contributed by atoms with Gasteiger partial charge in [0, 0.05) is 13.0 Å². The molecule has 0 saturated carbocycles. The van der Waals surface area contributed by atoms with Gasteiger partial charge in [0.2, 0.25) is 5.91 Å². The van der Waals surface area contributed by atoms with E-state index in [1.165, 1.54) is 6.92 Å². The van der Waals surface area contributed by atoms with Crippen molar-refractivity contribution in [3.05, 3.63) is 29.3 Å². The van der Waals surface area contributed by atoms with Crippen molar-refractivity contribution in [1.29, 1.82) is 0 Å². The zero-order valence-corrected chi connectivity index (χ0v) is 6.77. The third-order valence-corrected chi connectivity index (χ3v) is 1.42. The molecule has 1 rings (SSSR count). The fourth-order valence-corrected chi connectivity index (χ4v) is 0.863. The number of para-hydroxylation sites is 1. The van der Waals surface area contributed by atoms with Crippen molar-refractivity contribution in [3.63, 3.8) is 0 Å². The van der Waals surface area contributed by atoms with Crippen LogP contribution in [0.25, 0.3) is 0 Å². The van der Waals surface area contributed by atoms with Gasteiger partial charge in [-0.3, -0.25) is 4.79 Å². The highest BCUT2D eigenvalue weighted by molar-refractivity contribution is 6.33. The van der Waals surface area contributed by atoms with Gasteiger partial charge in [-0.25, -0.2) is 0 Å². The molecule has 1 radical (unpaired) electrons. The molecule has 0 fully saturated rings. The van der Waals surface area contributed by atoms with E-state index in [1.54, 1.807) is 18.2 Å². The van der Waals surface area contributed by atoms with Crippen molar-refractivity contribution in [2.24, 2.45) is 0 Å². The Morgan fingerprint density at radius 1 is 1.73 bits per heavy atom. The topological polar surface area (TPSA) is 29.1 Å². The molecule has 0 spiro atoms. The summed E-state index contributed by atoms with van der Waals surface area (Å²) < 4.78 is 0. The van der Waals surface area contributed by atoms with Crippen molar-refractivity contribution in [3.8, 4) is 0 Å². The first-order chi connectivity index (χ1) is 5.20. The molecule has 0 heterocycles. The molecule has 1 aromatic carbocycles. The van der Waals surface area contributed by atoms with Crippen molar-refractivity contribution in [1.82, 2.24) is 0 Å². The first kappa shape index (κ1) is 8.08. The Kier molecular flexibility index (Phi) is 2.49. The number of nitrogens with one attached hydrogen (secondary N) is 1. The fourth-order valence-electron chi connectivity index (χ4n) is 0.688. The minimum Gasteiger partial charge on any atom is -0.325 e. The zero-order chi connectivity index (χ0) is 8.27. The molecule has 0 atom stereocenters. The Bertz CT molecular complexity index is 273. The van der Waals surface area contributed by atoms with Crippen LogP contribution in [0.4, 0.5) is 5.69 Å². The van der Waals surface area contributed by atoms with Crippen LogP contribution in [0.15, 0.2) is 18.2 Å². The number of amides is 1. The van der Waals surface area contributed by atoms with Gasteiger partial charge in [-0.15, -0.1) is 0 Å². The standard InChI is InChI=1S/C8H7ClNO/c1-6(11)10-8-5-3-2-4-7(8)9/h2-4H,1H3,(H,10,11). The molecule has 1 aromatic rings. The van der Waals surface area contributed by atoms with Crippen LogP contribution >= 0.6 is 11.6 Å². The molecule has 11 heavy (non-hydrogen) atoms.